The first-order chi connectivity index (χ1) is 16.4. The Morgan fingerprint density at radius 3 is 2.32 bits per heavy atom. The number of hydrogen-bond donors (Lipinski definition) is 0. The second kappa shape index (κ2) is 9.98. The minimum Gasteiger partial charge on any atom is -0.267 e. The number of carbonyl (C=O) groups excluding carboxylic acids is 1. The van der Waals surface area contributed by atoms with Crippen molar-refractivity contribution in [1.29, 1.82) is 0 Å². The molecule has 0 aromatic heterocycles. The fraction of sp³-hybridized carbons (Fsp3) is 0.185. The van der Waals surface area contributed by atoms with Crippen LogP contribution in [-0.2, 0) is 0 Å². The molecular formula is C27H20Br2Cl2N2O. The van der Waals surface area contributed by atoms with Gasteiger partial charge in [-0.3, -0.25) is 4.79 Å². The van der Waals surface area contributed by atoms with E-state index >= 15 is 0 Å². The second-order valence-corrected chi connectivity index (χ2v) is 11.2. The Bertz CT molecular complexity index is 1300. The summed E-state index contributed by atoms with van der Waals surface area (Å²) < 4.78 is 2.04. The third kappa shape index (κ3) is 4.76. The molecule has 0 radical (unpaired) electrons. The van der Waals surface area contributed by atoms with Crippen LogP contribution in [0.15, 0.2) is 86.3 Å². The van der Waals surface area contributed by atoms with Crippen molar-refractivity contribution in [3.05, 3.63) is 108 Å². The normalized spacial score (nSPS) is 20.9. The number of amides is 1. The maximum Gasteiger partial charge on any atom is 0.276 e. The van der Waals surface area contributed by atoms with Gasteiger partial charge in [0.25, 0.3) is 5.91 Å². The van der Waals surface area contributed by atoms with E-state index in [0.717, 1.165) is 45.0 Å². The third-order valence-corrected chi connectivity index (χ3v) is 7.90. The van der Waals surface area contributed by atoms with E-state index in [-0.39, 0.29) is 17.9 Å². The summed E-state index contributed by atoms with van der Waals surface area (Å²) >= 11 is 19.5. The van der Waals surface area contributed by atoms with Crippen LogP contribution >= 0.6 is 55.1 Å². The summed E-state index contributed by atoms with van der Waals surface area (Å²) in [7, 11) is 0. The quantitative estimate of drug-likeness (QED) is 0.288. The fourth-order valence-corrected chi connectivity index (χ4v) is 5.73. The molecule has 1 aliphatic carbocycles. The molecule has 2 aliphatic rings. The molecule has 1 amide bonds. The molecule has 1 fully saturated rings. The third-order valence-electron chi connectivity index (χ3n) is 6.29. The first kappa shape index (κ1) is 23.8. The van der Waals surface area contributed by atoms with Crippen LogP contribution in [0, 0.1) is 5.92 Å². The molecule has 1 saturated carbocycles. The maximum absolute atomic E-state index is 13.7. The van der Waals surface area contributed by atoms with E-state index < -0.39 is 0 Å². The van der Waals surface area contributed by atoms with Gasteiger partial charge in [-0.05, 0) is 84.5 Å². The number of hydrazone groups is 1. The number of fused-ring (bicyclic) bond motifs is 1. The number of benzene rings is 3. The average Bonchev–Trinajstić information content (AvgIpc) is 3.21. The second-order valence-electron chi connectivity index (χ2n) is 8.48. The molecule has 1 heterocycles. The summed E-state index contributed by atoms with van der Waals surface area (Å²) in [5.74, 6) is -0.105. The van der Waals surface area contributed by atoms with Crippen LogP contribution in [0.1, 0.15) is 46.8 Å². The average molecular weight is 619 g/mol. The summed E-state index contributed by atoms with van der Waals surface area (Å²) in [4.78, 5) is 13.7. The van der Waals surface area contributed by atoms with Crippen molar-refractivity contribution < 1.29 is 4.79 Å². The van der Waals surface area contributed by atoms with Crippen LogP contribution in [0.5, 0.6) is 0 Å². The molecule has 0 saturated heterocycles. The van der Waals surface area contributed by atoms with Crippen molar-refractivity contribution in [3.63, 3.8) is 0 Å². The zero-order valence-corrected chi connectivity index (χ0v) is 22.7. The topological polar surface area (TPSA) is 32.7 Å². The monoisotopic (exact) mass is 616 g/mol. The van der Waals surface area contributed by atoms with E-state index in [1.54, 1.807) is 23.2 Å². The Balaban J connectivity index is 1.59. The van der Waals surface area contributed by atoms with Crippen molar-refractivity contribution in [3.8, 4) is 0 Å². The number of hydrogen-bond acceptors (Lipinski definition) is 2. The molecule has 3 aromatic carbocycles. The molecule has 0 unspecified atom stereocenters. The molecule has 1 aliphatic heterocycles. The summed E-state index contributed by atoms with van der Waals surface area (Å²) in [6.45, 7) is 0. The smallest absolute Gasteiger partial charge is 0.267 e. The molecule has 0 bridgehead atoms. The first-order valence-corrected chi connectivity index (χ1v) is 13.3. The molecule has 3 aromatic rings. The van der Waals surface area contributed by atoms with Gasteiger partial charge in [-0.1, -0.05) is 79.3 Å². The van der Waals surface area contributed by atoms with Crippen LogP contribution in [0.25, 0.3) is 6.08 Å². The lowest BCUT2D eigenvalue weighted by molar-refractivity contribution is 0.0681. The predicted octanol–water partition coefficient (Wildman–Crippen LogP) is 8.96. The minimum absolute atomic E-state index is 0.117. The lowest BCUT2D eigenvalue weighted by Gasteiger charge is -2.30. The van der Waals surface area contributed by atoms with E-state index in [4.69, 9.17) is 28.3 Å². The van der Waals surface area contributed by atoms with Gasteiger partial charge in [0, 0.05) is 19.9 Å². The Kier molecular flexibility index (Phi) is 6.99. The standard InChI is InChI=1S/C27H20Br2Cl2N2O/c28-19-8-4-16(5-9-19)14-18-2-1-3-23-25(18)32-33(26(23)17-6-10-20(29)11-7-17)27(34)22-13-12-21(30)15-24(22)31/h4-15,23,26H,1-3H2/b18-14-/t23-,26-/m1/s1. The van der Waals surface area contributed by atoms with E-state index in [2.05, 4.69) is 62.2 Å². The lowest BCUT2D eigenvalue weighted by atomic mass is 9.77. The summed E-state index contributed by atoms with van der Waals surface area (Å²) in [6.07, 6.45) is 5.14. The van der Waals surface area contributed by atoms with E-state index in [1.807, 2.05) is 24.3 Å². The summed E-state index contributed by atoms with van der Waals surface area (Å²) in [5.41, 5.74) is 4.73. The van der Waals surface area contributed by atoms with Crippen LogP contribution in [0.2, 0.25) is 10.0 Å². The highest BCUT2D eigenvalue weighted by Gasteiger charge is 2.44. The Morgan fingerprint density at radius 1 is 0.971 bits per heavy atom. The number of rotatable bonds is 3. The molecular weight excluding hydrogens is 599 g/mol. The maximum atomic E-state index is 13.7. The van der Waals surface area contributed by atoms with Crippen LogP contribution in [0.4, 0.5) is 0 Å². The summed E-state index contributed by atoms with van der Waals surface area (Å²) in [5, 5.41) is 7.39. The van der Waals surface area contributed by atoms with Gasteiger partial charge in [0.1, 0.15) is 0 Å². The molecule has 3 nitrogen and oxygen atoms in total. The predicted molar refractivity (Wildman–Crippen MR) is 146 cm³/mol. The lowest BCUT2D eigenvalue weighted by Crippen LogP contribution is -2.32. The van der Waals surface area contributed by atoms with Gasteiger partial charge >= 0.3 is 0 Å². The highest BCUT2D eigenvalue weighted by Crippen LogP contribution is 2.45. The number of halogens is 4. The molecule has 0 N–H and O–H groups in total. The van der Waals surface area contributed by atoms with Gasteiger partial charge in [-0.25, -0.2) is 5.01 Å². The molecule has 5 rings (SSSR count). The van der Waals surface area contributed by atoms with E-state index in [1.165, 1.54) is 5.57 Å². The molecule has 7 heteroatoms. The van der Waals surface area contributed by atoms with Crippen LogP contribution in [-0.4, -0.2) is 16.6 Å². The van der Waals surface area contributed by atoms with Gasteiger partial charge in [0.05, 0.1) is 22.3 Å². The van der Waals surface area contributed by atoms with Crippen molar-refractivity contribution in [2.24, 2.45) is 11.0 Å². The van der Waals surface area contributed by atoms with Crippen molar-refractivity contribution in [2.45, 2.75) is 25.3 Å². The molecule has 172 valence electrons. The minimum atomic E-state index is -0.223. The Morgan fingerprint density at radius 2 is 1.65 bits per heavy atom. The SMILES string of the molecule is O=C(c1ccc(Cl)cc1Cl)N1N=C2/C(=C\c3ccc(Br)cc3)CCC[C@H]2[C@H]1c1ccc(Br)cc1. The van der Waals surface area contributed by atoms with Crippen LogP contribution < -0.4 is 0 Å². The van der Waals surface area contributed by atoms with Gasteiger partial charge in [-0.15, -0.1) is 0 Å². The highest BCUT2D eigenvalue weighted by molar-refractivity contribution is 9.10. The van der Waals surface area contributed by atoms with Gasteiger partial charge in [0.15, 0.2) is 0 Å². The van der Waals surface area contributed by atoms with Crippen molar-refractivity contribution in [2.75, 3.05) is 0 Å². The number of allylic oxidation sites excluding steroid dienone is 1. The zero-order chi connectivity index (χ0) is 23.8. The number of carbonyl (C=O) groups is 1. The first-order valence-electron chi connectivity index (χ1n) is 11.0. The number of nitrogens with zero attached hydrogens (tertiary/aromatic N) is 2. The van der Waals surface area contributed by atoms with Gasteiger partial charge in [0.2, 0.25) is 0 Å². The molecule has 2 atom stereocenters. The van der Waals surface area contributed by atoms with Crippen molar-refractivity contribution in [1.82, 2.24) is 5.01 Å². The summed E-state index contributed by atoms with van der Waals surface area (Å²) in [6, 6.07) is 21.1. The van der Waals surface area contributed by atoms with Crippen molar-refractivity contribution >= 4 is 72.8 Å². The molecule has 34 heavy (non-hydrogen) atoms. The zero-order valence-electron chi connectivity index (χ0n) is 18.0. The van der Waals surface area contributed by atoms with E-state index in [9.17, 15) is 4.79 Å². The molecule has 0 spiro atoms. The highest BCUT2D eigenvalue weighted by atomic mass is 79.9. The largest absolute Gasteiger partial charge is 0.276 e. The van der Waals surface area contributed by atoms with E-state index in [0.29, 0.717) is 15.6 Å². The fourth-order valence-electron chi connectivity index (χ4n) is 4.71. The Hall–Kier alpha value is -1.92. The van der Waals surface area contributed by atoms with Gasteiger partial charge < -0.3 is 0 Å². The van der Waals surface area contributed by atoms with Gasteiger partial charge in [-0.2, -0.15) is 5.10 Å². The van der Waals surface area contributed by atoms with Crippen LogP contribution in [0.3, 0.4) is 0 Å². The Labute approximate surface area is 225 Å².